The van der Waals surface area contributed by atoms with Crippen LogP contribution in [0.5, 0.6) is 5.75 Å². The summed E-state index contributed by atoms with van der Waals surface area (Å²) in [6, 6.07) is 1.93. The zero-order chi connectivity index (χ0) is 14.2. The van der Waals surface area contributed by atoms with Crippen molar-refractivity contribution >= 4 is 17.6 Å². The van der Waals surface area contributed by atoms with Crippen molar-refractivity contribution < 1.29 is 14.6 Å². The molecule has 104 valence electrons. The average Bonchev–Trinajstić information content (AvgIpc) is 2.86. The van der Waals surface area contributed by atoms with Crippen LogP contribution in [0.1, 0.15) is 42.4 Å². The van der Waals surface area contributed by atoms with Crippen LogP contribution in [-0.2, 0) is 10.2 Å². The highest BCUT2D eigenvalue weighted by Gasteiger charge is 2.45. The van der Waals surface area contributed by atoms with Gasteiger partial charge in [0.05, 0.1) is 17.5 Å². The SMILES string of the molecule is COc1c(C2(C(=O)O)CCCC2)cc(C)c(C)c1Cl. The molecule has 0 unspecified atom stereocenters. The Bertz CT molecular complexity index is 517. The molecule has 1 aromatic rings. The molecule has 0 aromatic heterocycles. The predicted octanol–water partition coefficient (Wildman–Crippen LogP) is 3.86. The largest absolute Gasteiger partial charge is 0.495 e. The molecule has 19 heavy (non-hydrogen) atoms. The van der Waals surface area contributed by atoms with Gasteiger partial charge in [-0.15, -0.1) is 0 Å². The van der Waals surface area contributed by atoms with Crippen LogP contribution < -0.4 is 4.74 Å². The Hall–Kier alpha value is -1.22. The summed E-state index contributed by atoms with van der Waals surface area (Å²) < 4.78 is 5.40. The number of halogens is 1. The van der Waals surface area contributed by atoms with Gasteiger partial charge in [-0.25, -0.2) is 0 Å². The maximum Gasteiger partial charge on any atom is 0.314 e. The van der Waals surface area contributed by atoms with Crippen molar-refractivity contribution in [1.29, 1.82) is 0 Å². The lowest BCUT2D eigenvalue weighted by molar-refractivity contribution is -0.143. The lowest BCUT2D eigenvalue weighted by atomic mass is 9.77. The van der Waals surface area contributed by atoms with Gasteiger partial charge < -0.3 is 9.84 Å². The van der Waals surface area contributed by atoms with Crippen LogP contribution >= 0.6 is 11.6 Å². The molecule has 1 aliphatic carbocycles. The molecule has 2 rings (SSSR count). The standard InChI is InChI=1S/C15H19ClO3/c1-9-8-11(13(19-3)12(16)10(9)2)15(14(17)18)6-4-5-7-15/h8H,4-7H2,1-3H3,(H,17,18). The van der Waals surface area contributed by atoms with Gasteiger partial charge in [-0.3, -0.25) is 4.79 Å². The molecule has 0 aliphatic heterocycles. The summed E-state index contributed by atoms with van der Waals surface area (Å²) in [7, 11) is 1.55. The van der Waals surface area contributed by atoms with Gasteiger partial charge in [-0.1, -0.05) is 30.5 Å². The van der Waals surface area contributed by atoms with Crippen LogP contribution in [0.15, 0.2) is 6.07 Å². The van der Waals surface area contributed by atoms with E-state index in [1.807, 2.05) is 19.9 Å². The van der Waals surface area contributed by atoms with Crippen LogP contribution in [0.2, 0.25) is 5.02 Å². The van der Waals surface area contributed by atoms with Gasteiger partial charge in [-0.2, -0.15) is 0 Å². The molecule has 0 amide bonds. The lowest BCUT2D eigenvalue weighted by Gasteiger charge is -2.28. The smallest absolute Gasteiger partial charge is 0.314 e. The summed E-state index contributed by atoms with van der Waals surface area (Å²) in [5.41, 5.74) is 1.84. The summed E-state index contributed by atoms with van der Waals surface area (Å²) in [5, 5.41) is 10.2. The van der Waals surface area contributed by atoms with E-state index in [1.54, 1.807) is 7.11 Å². The van der Waals surface area contributed by atoms with Crippen molar-refractivity contribution in [2.75, 3.05) is 7.11 Å². The minimum Gasteiger partial charge on any atom is -0.495 e. The highest BCUT2D eigenvalue weighted by molar-refractivity contribution is 6.33. The van der Waals surface area contributed by atoms with Gasteiger partial charge in [0.2, 0.25) is 0 Å². The summed E-state index contributed by atoms with van der Waals surface area (Å²) >= 11 is 6.33. The number of aliphatic carboxylic acids is 1. The third-order valence-corrected chi connectivity index (χ3v) is 4.77. The number of ether oxygens (including phenoxy) is 1. The van der Waals surface area contributed by atoms with Crippen LogP contribution in [-0.4, -0.2) is 18.2 Å². The van der Waals surface area contributed by atoms with E-state index in [9.17, 15) is 9.90 Å². The fraction of sp³-hybridized carbons (Fsp3) is 0.533. The lowest BCUT2D eigenvalue weighted by Crippen LogP contribution is -2.33. The Balaban J connectivity index is 2.70. The van der Waals surface area contributed by atoms with Crippen LogP contribution in [0.4, 0.5) is 0 Å². The van der Waals surface area contributed by atoms with Gasteiger partial charge in [0.25, 0.3) is 0 Å². The number of carboxylic acid groups (broad SMARTS) is 1. The molecule has 3 nitrogen and oxygen atoms in total. The molecule has 1 aliphatic rings. The first kappa shape index (κ1) is 14.2. The van der Waals surface area contributed by atoms with E-state index in [-0.39, 0.29) is 0 Å². The number of carboxylic acids is 1. The first-order valence-electron chi connectivity index (χ1n) is 6.51. The van der Waals surface area contributed by atoms with E-state index in [0.717, 1.165) is 29.5 Å². The fourth-order valence-electron chi connectivity index (χ4n) is 2.98. The van der Waals surface area contributed by atoms with Crippen LogP contribution in [0.25, 0.3) is 0 Å². The molecule has 0 bridgehead atoms. The van der Waals surface area contributed by atoms with Crippen molar-refractivity contribution in [2.24, 2.45) is 0 Å². The Morgan fingerprint density at radius 2 is 1.95 bits per heavy atom. The molecular formula is C15H19ClO3. The Labute approximate surface area is 118 Å². The number of rotatable bonds is 3. The third-order valence-electron chi connectivity index (χ3n) is 4.31. The second kappa shape index (κ2) is 5.04. The maximum atomic E-state index is 11.8. The number of carbonyl (C=O) groups is 1. The molecule has 4 heteroatoms. The molecule has 1 fully saturated rings. The minimum atomic E-state index is -0.840. The highest BCUT2D eigenvalue weighted by Crippen LogP contribution is 2.48. The second-order valence-electron chi connectivity index (χ2n) is 5.31. The molecule has 0 heterocycles. The summed E-state index contributed by atoms with van der Waals surface area (Å²) in [4.78, 5) is 11.8. The van der Waals surface area contributed by atoms with Crippen LogP contribution in [0, 0.1) is 13.8 Å². The quantitative estimate of drug-likeness (QED) is 0.916. The minimum absolute atomic E-state index is 0.522. The highest BCUT2D eigenvalue weighted by atomic mass is 35.5. The zero-order valence-electron chi connectivity index (χ0n) is 11.5. The predicted molar refractivity (Wildman–Crippen MR) is 75.3 cm³/mol. The van der Waals surface area contributed by atoms with Gasteiger partial charge >= 0.3 is 5.97 Å². The number of benzene rings is 1. The van der Waals surface area contributed by atoms with Gasteiger partial charge in [0.1, 0.15) is 5.75 Å². The molecule has 0 spiro atoms. The van der Waals surface area contributed by atoms with Crippen molar-refractivity contribution in [3.8, 4) is 5.75 Å². The topological polar surface area (TPSA) is 46.5 Å². The van der Waals surface area contributed by atoms with Crippen molar-refractivity contribution in [3.05, 3.63) is 27.8 Å². The van der Waals surface area contributed by atoms with E-state index >= 15 is 0 Å². The van der Waals surface area contributed by atoms with Gasteiger partial charge in [-0.05, 0) is 37.8 Å². The van der Waals surface area contributed by atoms with E-state index in [0.29, 0.717) is 23.6 Å². The van der Waals surface area contributed by atoms with Crippen molar-refractivity contribution in [2.45, 2.75) is 44.9 Å². The summed E-state index contributed by atoms with van der Waals surface area (Å²) in [6.07, 6.45) is 3.16. The maximum absolute atomic E-state index is 11.8. The average molecular weight is 283 g/mol. The van der Waals surface area contributed by atoms with Gasteiger partial charge in [0, 0.05) is 5.56 Å². The fourth-order valence-corrected chi connectivity index (χ4v) is 3.31. The molecule has 1 saturated carbocycles. The summed E-state index contributed by atoms with van der Waals surface area (Å²) in [6.45, 7) is 3.88. The van der Waals surface area contributed by atoms with Crippen molar-refractivity contribution in [3.63, 3.8) is 0 Å². The Morgan fingerprint density at radius 1 is 1.37 bits per heavy atom. The van der Waals surface area contributed by atoms with Gasteiger partial charge in [0.15, 0.2) is 0 Å². The molecule has 1 aromatic carbocycles. The molecular weight excluding hydrogens is 264 g/mol. The zero-order valence-corrected chi connectivity index (χ0v) is 12.3. The first-order valence-corrected chi connectivity index (χ1v) is 6.89. The third kappa shape index (κ3) is 2.10. The Morgan fingerprint density at radius 3 is 2.42 bits per heavy atom. The molecule has 0 radical (unpaired) electrons. The van der Waals surface area contributed by atoms with E-state index in [2.05, 4.69) is 0 Å². The second-order valence-corrected chi connectivity index (χ2v) is 5.69. The summed E-state index contributed by atoms with van der Waals surface area (Å²) in [5.74, 6) is -0.253. The van der Waals surface area contributed by atoms with E-state index in [4.69, 9.17) is 16.3 Å². The van der Waals surface area contributed by atoms with E-state index in [1.165, 1.54) is 0 Å². The number of hydrogen-bond acceptors (Lipinski definition) is 2. The number of aryl methyl sites for hydroxylation is 1. The normalized spacial score (nSPS) is 17.5. The number of methoxy groups -OCH3 is 1. The number of hydrogen-bond donors (Lipinski definition) is 1. The Kier molecular flexibility index (Phi) is 3.77. The van der Waals surface area contributed by atoms with E-state index < -0.39 is 11.4 Å². The first-order chi connectivity index (χ1) is 8.94. The van der Waals surface area contributed by atoms with Crippen molar-refractivity contribution in [1.82, 2.24) is 0 Å². The van der Waals surface area contributed by atoms with Crippen LogP contribution in [0.3, 0.4) is 0 Å². The molecule has 0 atom stereocenters. The molecule has 0 saturated heterocycles. The molecule has 1 N–H and O–H groups in total. The monoisotopic (exact) mass is 282 g/mol.